The van der Waals surface area contributed by atoms with E-state index in [-0.39, 0.29) is 26.1 Å². The van der Waals surface area contributed by atoms with E-state index in [4.69, 9.17) is 18.9 Å². The highest BCUT2D eigenvalue weighted by atomic mass is 16.7. The number of esters is 2. The molecule has 10 nitrogen and oxygen atoms in total. The summed E-state index contributed by atoms with van der Waals surface area (Å²) in [4.78, 5) is 25.2. The maximum absolute atomic E-state index is 12.7. The van der Waals surface area contributed by atoms with E-state index < -0.39 is 55.4 Å². The maximum Gasteiger partial charge on any atom is 0.306 e. The molecule has 0 spiro atoms. The van der Waals surface area contributed by atoms with Gasteiger partial charge in [0.2, 0.25) is 0 Å². The van der Waals surface area contributed by atoms with E-state index in [1.165, 1.54) is 0 Å². The van der Waals surface area contributed by atoms with Gasteiger partial charge in [0.1, 0.15) is 31.0 Å². The molecule has 10 heteroatoms. The Kier molecular flexibility index (Phi) is 31.1. The summed E-state index contributed by atoms with van der Waals surface area (Å²) in [6.45, 7) is 3.08. The van der Waals surface area contributed by atoms with Gasteiger partial charge in [-0.1, -0.05) is 131 Å². The van der Waals surface area contributed by atoms with E-state index >= 15 is 0 Å². The minimum absolute atomic E-state index is 0.176. The third kappa shape index (κ3) is 25.8. The van der Waals surface area contributed by atoms with Crippen molar-refractivity contribution in [2.75, 3.05) is 19.8 Å². The summed E-state index contributed by atoms with van der Waals surface area (Å²) in [6.07, 6.45) is 35.9. The van der Waals surface area contributed by atoms with Crippen LogP contribution in [0.4, 0.5) is 0 Å². The molecule has 54 heavy (non-hydrogen) atoms. The van der Waals surface area contributed by atoms with Crippen LogP contribution in [-0.2, 0) is 28.5 Å². The lowest BCUT2D eigenvalue weighted by atomic mass is 9.99. The first-order valence-electron chi connectivity index (χ1n) is 20.2. The molecular formula is C44H70O10. The van der Waals surface area contributed by atoms with Gasteiger partial charge in [-0.2, -0.15) is 0 Å². The zero-order valence-corrected chi connectivity index (χ0v) is 32.9. The zero-order valence-electron chi connectivity index (χ0n) is 32.9. The van der Waals surface area contributed by atoms with Crippen molar-refractivity contribution < 1.29 is 49.0 Å². The smallest absolute Gasteiger partial charge is 0.306 e. The normalized spacial score (nSPS) is 21.6. The van der Waals surface area contributed by atoms with E-state index in [0.29, 0.717) is 12.8 Å². The standard InChI is InChI=1S/C44H70O10/c1-3-5-7-9-11-13-15-17-18-19-21-22-24-26-28-30-32-39(46)51-35-37(36-52-44-43(50)42(49)41(48)38(34-45)54-44)53-40(47)33-31-29-27-25-23-20-16-14-12-10-8-6-4-2/h5-8,10-14,16-18,20,23,37-38,41-45,48-50H,3-4,9,15,19,21-22,24-36H2,1-2H3/b7-5+,8-6+,12-10+,13-11+,16-14+,18-17+,23-20+/t37?,38-,41+,42?,43?,44-/m0/s1. The van der Waals surface area contributed by atoms with Crippen molar-refractivity contribution in [3.05, 3.63) is 85.1 Å². The van der Waals surface area contributed by atoms with Crippen LogP contribution in [0, 0.1) is 0 Å². The molecule has 1 heterocycles. The molecular weight excluding hydrogens is 688 g/mol. The van der Waals surface area contributed by atoms with Gasteiger partial charge in [0.05, 0.1) is 13.2 Å². The van der Waals surface area contributed by atoms with Gasteiger partial charge in [-0.15, -0.1) is 0 Å². The molecule has 0 aliphatic carbocycles. The number of aliphatic hydroxyl groups excluding tert-OH is 4. The fraction of sp³-hybridized carbons (Fsp3) is 0.636. The molecule has 0 radical (unpaired) electrons. The fourth-order valence-electron chi connectivity index (χ4n) is 5.45. The maximum atomic E-state index is 12.7. The first kappa shape index (κ1) is 48.9. The third-order valence-corrected chi connectivity index (χ3v) is 8.62. The lowest BCUT2D eigenvalue weighted by molar-refractivity contribution is -0.305. The predicted molar refractivity (Wildman–Crippen MR) is 214 cm³/mol. The average molecular weight is 759 g/mol. The monoisotopic (exact) mass is 758 g/mol. The zero-order chi connectivity index (χ0) is 39.5. The van der Waals surface area contributed by atoms with Gasteiger partial charge in [-0.05, 0) is 64.2 Å². The van der Waals surface area contributed by atoms with Crippen molar-refractivity contribution in [1.29, 1.82) is 0 Å². The van der Waals surface area contributed by atoms with Crippen LogP contribution in [0.1, 0.15) is 123 Å². The SMILES string of the molecule is CC/C=C/C=C/C=C/C=C/CCCCCC(=O)OC(COC(=O)CCCCCCCC/C=C/C/C=C/C/C=C/CC)CO[C@H]1O[C@@H](CO)[C@@H](O)C(O)C1O. The first-order chi connectivity index (χ1) is 26.3. The summed E-state index contributed by atoms with van der Waals surface area (Å²) in [5, 5.41) is 40.0. The van der Waals surface area contributed by atoms with Gasteiger partial charge < -0.3 is 39.4 Å². The van der Waals surface area contributed by atoms with Gasteiger partial charge in [0.25, 0.3) is 0 Å². The molecule has 306 valence electrons. The topological polar surface area (TPSA) is 152 Å². The molecule has 1 aliphatic rings. The van der Waals surface area contributed by atoms with E-state index in [1.807, 2.05) is 36.5 Å². The molecule has 4 N–H and O–H groups in total. The summed E-state index contributed by atoms with van der Waals surface area (Å²) in [6, 6.07) is 0. The number of aliphatic hydroxyl groups is 4. The molecule has 1 fully saturated rings. The van der Waals surface area contributed by atoms with Crippen molar-refractivity contribution >= 4 is 11.9 Å². The number of hydrogen-bond acceptors (Lipinski definition) is 10. The summed E-state index contributed by atoms with van der Waals surface area (Å²) in [5.74, 6) is -0.879. The molecule has 0 aromatic carbocycles. The third-order valence-electron chi connectivity index (χ3n) is 8.62. The minimum Gasteiger partial charge on any atom is -0.462 e. The number of hydrogen-bond donors (Lipinski definition) is 4. The van der Waals surface area contributed by atoms with Crippen LogP contribution in [0.3, 0.4) is 0 Å². The Morgan fingerprint density at radius 1 is 0.593 bits per heavy atom. The van der Waals surface area contributed by atoms with Crippen molar-refractivity contribution in [3.63, 3.8) is 0 Å². The van der Waals surface area contributed by atoms with Gasteiger partial charge >= 0.3 is 11.9 Å². The van der Waals surface area contributed by atoms with Crippen molar-refractivity contribution in [2.24, 2.45) is 0 Å². The summed E-state index contributed by atoms with van der Waals surface area (Å²) in [7, 11) is 0. The number of allylic oxidation sites excluding steroid dienone is 14. The first-order valence-corrected chi connectivity index (χ1v) is 20.2. The quantitative estimate of drug-likeness (QED) is 0.0238. The molecule has 0 aromatic heterocycles. The largest absolute Gasteiger partial charge is 0.462 e. The van der Waals surface area contributed by atoms with Crippen molar-refractivity contribution in [2.45, 2.75) is 160 Å². The summed E-state index contributed by atoms with van der Waals surface area (Å²) >= 11 is 0. The fourth-order valence-corrected chi connectivity index (χ4v) is 5.45. The number of unbranched alkanes of at least 4 members (excludes halogenated alkanes) is 9. The van der Waals surface area contributed by atoms with Gasteiger partial charge in [-0.25, -0.2) is 0 Å². The van der Waals surface area contributed by atoms with Gasteiger partial charge in [0.15, 0.2) is 12.4 Å². The Morgan fingerprint density at radius 3 is 1.80 bits per heavy atom. The lowest BCUT2D eigenvalue weighted by Gasteiger charge is -2.39. The molecule has 3 unspecified atom stereocenters. The van der Waals surface area contributed by atoms with Crippen LogP contribution in [0.5, 0.6) is 0 Å². The Labute approximate surface area is 325 Å². The molecule has 1 saturated heterocycles. The number of carbonyl (C=O) groups is 2. The molecule has 0 amide bonds. The van der Waals surface area contributed by atoms with Gasteiger partial charge in [-0.3, -0.25) is 9.59 Å². The highest BCUT2D eigenvalue weighted by Gasteiger charge is 2.44. The highest BCUT2D eigenvalue weighted by Crippen LogP contribution is 2.22. The molecule has 1 aliphatic heterocycles. The van der Waals surface area contributed by atoms with Crippen LogP contribution in [0.15, 0.2) is 85.1 Å². The second kappa shape index (κ2) is 34.4. The van der Waals surface area contributed by atoms with Crippen LogP contribution < -0.4 is 0 Å². The minimum atomic E-state index is -1.61. The Morgan fingerprint density at radius 2 is 1.13 bits per heavy atom. The van der Waals surface area contributed by atoms with Crippen LogP contribution in [-0.4, -0.2) is 89.0 Å². The predicted octanol–water partition coefficient (Wildman–Crippen LogP) is 7.82. The lowest BCUT2D eigenvalue weighted by Crippen LogP contribution is -2.59. The number of carbonyl (C=O) groups excluding carboxylic acids is 2. The van der Waals surface area contributed by atoms with Crippen molar-refractivity contribution in [1.82, 2.24) is 0 Å². The number of rotatable bonds is 31. The van der Waals surface area contributed by atoms with Crippen LogP contribution in [0.25, 0.3) is 0 Å². The van der Waals surface area contributed by atoms with Crippen molar-refractivity contribution in [3.8, 4) is 0 Å². The average Bonchev–Trinajstić information content (AvgIpc) is 3.17. The molecule has 0 bridgehead atoms. The van der Waals surface area contributed by atoms with E-state index in [2.05, 4.69) is 62.5 Å². The van der Waals surface area contributed by atoms with Crippen LogP contribution in [0.2, 0.25) is 0 Å². The van der Waals surface area contributed by atoms with E-state index in [1.54, 1.807) is 0 Å². The Hall–Kier alpha value is -3.12. The van der Waals surface area contributed by atoms with E-state index in [0.717, 1.165) is 83.5 Å². The highest BCUT2D eigenvalue weighted by molar-refractivity contribution is 5.70. The Balaban J connectivity index is 2.41. The summed E-state index contributed by atoms with van der Waals surface area (Å²) in [5.41, 5.74) is 0. The summed E-state index contributed by atoms with van der Waals surface area (Å²) < 4.78 is 22.0. The second-order valence-corrected chi connectivity index (χ2v) is 13.4. The van der Waals surface area contributed by atoms with E-state index in [9.17, 15) is 30.0 Å². The van der Waals surface area contributed by atoms with Crippen LogP contribution >= 0.6 is 0 Å². The molecule has 1 rings (SSSR count). The second-order valence-electron chi connectivity index (χ2n) is 13.4. The molecule has 6 atom stereocenters. The molecule has 0 saturated carbocycles. The Bertz CT molecular complexity index is 1150. The molecule has 0 aromatic rings. The van der Waals surface area contributed by atoms with Gasteiger partial charge in [0, 0.05) is 12.8 Å². The number of ether oxygens (including phenoxy) is 4.